The molecule has 0 bridgehead atoms. The molecule has 0 saturated carbocycles. The van der Waals surface area contributed by atoms with Gasteiger partial charge in [-0.15, -0.1) is 0 Å². The van der Waals surface area contributed by atoms with Crippen molar-refractivity contribution in [1.82, 2.24) is 21.3 Å². The van der Waals surface area contributed by atoms with Gasteiger partial charge < -0.3 is 43.6 Å². The molecule has 34 heavy (non-hydrogen) atoms. The maximum Gasteiger partial charge on any atom is 0.326 e. The molecule has 0 aromatic carbocycles. The van der Waals surface area contributed by atoms with Gasteiger partial charge in [-0.1, -0.05) is 0 Å². The number of carbonyl (C=O) groups is 7. The van der Waals surface area contributed by atoms with Crippen LogP contribution in [0.5, 0.6) is 0 Å². The maximum absolute atomic E-state index is 12.9. The predicted molar refractivity (Wildman–Crippen MR) is 115 cm³/mol. The van der Waals surface area contributed by atoms with Crippen LogP contribution in [0.3, 0.4) is 0 Å². The Morgan fingerprint density at radius 3 is 1.71 bits per heavy atom. The van der Waals surface area contributed by atoms with E-state index in [0.717, 1.165) is 6.42 Å². The zero-order chi connectivity index (χ0) is 25.8. The van der Waals surface area contributed by atoms with Crippen molar-refractivity contribution in [3.05, 3.63) is 0 Å². The lowest BCUT2D eigenvalue weighted by Crippen LogP contribution is -2.57. The van der Waals surface area contributed by atoms with E-state index < -0.39 is 72.0 Å². The minimum Gasteiger partial charge on any atom is -0.480 e. The first-order valence-electron chi connectivity index (χ1n) is 10.6. The van der Waals surface area contributed by atoms with E-state index in [1.165, 1.54) is 0 Å². The van der Waals surface area contributed by atoms with Crippen LogP contribution in [0.25, 0.3) is 0 Å². The SMILES string of the molecule is NC(=O)CC[C@H](NC(=O)[C@H](CCC(N)=O)NC(=O)[C@@H]1CCCN1)C(=O)N[C@@H](CC(N)=O)C(=O)O. The number of rotatable bonds is 15. The molecule has 0 spiro atoms. The third kappa shape index (κ3) is 10.2. The predicted octanol–water partition coefficient (Wildman–Crippen LogP) is -4.32. The van der Waals surface area contributed by atoms with Gasteiger partial charge in [0.2, 0.25) is 35.4 Å². The first-order valence-corrected chi connectivity index (χ1v) is 10.6. The van der Waals surface area contributed by atoms with Crippen LogP contribution >= 0.6 is 0 Å². The second-order valence-corrected chi connectivity index (χ2v) is 7.85. The normalized spacial score (nSPS) is 17.6. The summed E-state index contributed by atoms with van der Waals surface area (Å²) in [5.41, 5.74) is 15.2. The molecule has 15 heteroatoms. The van der Waals surface area contributed by atoms with Crippen molar-refractivity contribution >= 4 is 41.4 Å². The number of primary amides is 3. The van der Waals surface area contributed by atoms with E-state index in [1.807, 2.05) is 0 Å². The molecule has 0 aliphatic carbocycles. The van der Waals surface area contributed by atoms with Crippen LogP contribution in [0, 0.1) is 0 Å². The van der Waals surface area contributed by atoms with Crippen LogP contribution in [0.1, 0.15) is 44.9 Å². The average Bonchev–Trinajstić information content (AvgIpc) is 3.27. The summed E-state index contributed by atoms with van der Waals surface area (Å²) in [5, 5.41) is 19.1. The van der Waals surface area contributed by atoms with Gasteiger partial charge in [0.15, 0.2) is 0 Å². The van der Waals surface area contributed by atoms with Crippen molar-refractivity contribution in [2.24, 2.45) is 17.2 Å². The molecule has 4 atom stereocenters. The molecule has 6 amide bonds. The Balaban J connectivity index is 2.98. The molecule has 11 N–H and O–H groups in total. The number of nitrogens with two attached hydrogens (primary N) is 3. The highest BCUT2D eigenvalue weighted by molar-refractivity contribution is 5.95. The smallest absolute Gasteiger partial charge is 0.326 e. The molecule has 1 heterocycles. The minimum absolute atomic E-state index is 0.163. The minimum atomic E-state index is -1.67. The zero-order valence-electron chi connectivity index (χ0n) is 18.5. The number of carboxylic acids is 1. The van der Waals surface area contributed by atoms with Crippen molar-refractivity contribution in [2.45, 2.75) is 69.1 Å². The lowest BCUT2D eigenvalue weighted by molar-refractivity contribution is -0.144. The van der Waals surface area contributed by atoms with Gasteiger partial charge in [0.1, 0.15) is 18.1 Å². The van der Waals surface area contributed by atoms with Gasteiger partial charge in [0.25, 0.3) is 0 Å². The number of carboxylic acid groups (broad SMARTS) is 1. The summed E-state index contributed by atoms with van der Waals surface area (Å²) in [6.45, 7) is 0.627. The Morgan fingerprint density at radius 2 is 1.29 bits per heavy atom. The van der Waals surface area contributed by atoms with Gasteiger partial charge in [-0.2, -0.15) is 0 Å². The Kier molecular flexibility index (Phi) is 11.4. The third-order valence-electron chi connectivity index (χ3n) is 5.02. The zero-order valence-corrected chi connectivity index (χ0v) is 18.5. The molecule has 0 aromatic heterocycles. The number of amides is 6. The van der Waals surface area contributed by atoms with E-state index >= 15 is 0 Å². The third-order valence-corrected chi connectivity index (χ3v) is 5.02. The van der Waals surface area contributed by atoms with Gasteiger partial charge in [-0.25, -0.2) is 4.79 Å². The van der Waals surface area contributed by atoms with Crippen LogP contribution in [-0.2, 0) is 33.6 Å². The summed E-state index contributed by atoms with van der Waals surface area (Å²) >= 11 is 0. The highest BCUT2D eigenvalue weighted by Gasteiger charge is 2.32. The second-order valence-electron chi connectivity index (χ2n) is 7.85. The molecular weight excluding hydrogens is 454 g/mol. The molecule has 15 nitrogen and oxygen atoms in total. The molecule has 1 fully saturated rings. The van der Waals surface area contributed by atoms with E-state index in [0.29, 0.717) is 13.0 Å². The largest absolute Gasteiger partial charge is 0.480 e. The molecule has 0 unspecified atom stereocenters. The molecule has 0 aromatic rings. The topological polar surface area (TPSA) is 266 Å². The number of aliphatic carboxylic acids is 1. The number of nitrogens with one attached hydrogen (secondary N) is 4. The van der Waals surface area contributed by atoms with Crippen molar-refractivity contribution in [2.75, 3.05) is 6.54 Å². The molecular formula is C19H31N7O8. The van der Waals surface area contributed by atoms with Crippen molar-refractivity contribution in [3.63, 3.8) is 0 Å². The summed E-state index contributed by atoms with van der Waals surface area (Å²) in [5.74, 6) is -6.38. The lowest BCUT2D eigenvalue weighted by Gasteiger charge is -2.25. The van der Waals surface area contributed by atoms with E-state index in [-0.39, 0.29) is 25.7 Å². The first-order chi connectivity index (χ1) is 15.9. The van der Waals surface area contributed by atoms with Gasteiger partial charge >= 0.3 is 5.97 Å². The highest BCUT2D eigenvalue weighted by atomic mass is 16.4. The summed E-state index contributed by atoms with van der Waals surface area (Å²) in [7, 11) is 0. The Hall–Kier alpha value is -3.75. The summed E-state index contributed by atoms with van der Waals surface area (Å²) < 4.78 is 0. The van der Waals surface area contributed by atoms with Gasteiger partial charge in [0, 0.05) is 12.8 Å². The van der Waals surface area contributed by atoms with Gasteiger partial charge in [0.05, 0.1) is 12.5 Å². The number of hydrogen-bond donors (Lipinski definition) is 8. The van der Waals surface area contributed by atoms with E-state index in [1.54, 1.807) is 0 Å². The van der Waals surface area contributed by atoms with Crippen LogP contribution in [0.15, 0.2) is 0 Å². The van der Waals surface area contributed by atoms with Crippen LogP contribution in [0.4, 0.5) is 0 Å². The second kappa shape index (κ2) is 13.7. The number of hydrogen-bond acceptors (Lipinski definition) is 8. The summed E-state index contributed by atoms with van der Waals surface area (Å²) in [4.78, 5) is 82.8. The summed E-state index contributed by atoms with van der Waals surface area (Å²) in [6, 6.07) is -4.88. The Morgan fingerprint density at radius 1 is 0.794 bits per heavy atom. The van der Waals surface area contributed by atoms with E-state index in [2.05, 4.69) is 21.3 Å². The molecule has 0 radical (unpaired) electrons. The fourth-order valence-corrected chi connectivity index (χ4v) is 3.24. The monoisotopic (exact) mass is 485 g/mol. The van der Waals surface area contributed by atoms with Crippen molar-refractivity contribution in [3.8, 4) is 0 Å². The fraction of sp³-hybridized carbons (Fsp3) is 0.632. The highest BCUT2D eigenvalue weighted by Crippen LogP contribution is 2.08. The van der Waals surface area contributed by atoms with E-state index in [9.17, 15) is 38.7 Å². The first kappa shape index (κ1) is 28.3. The van der Waals surface area contributed by atoms with E-state index in [4.69, 9.17) is 17.2 Å². The average molecular weight is 485 g/mol. The summed E-state index contributed by atoms with van der Waals surface area (Å²) in [6.07, 6.45) is -0.425. The quantitative estimate of drug-likeness (QED) is 0.111. The molecule has 1 aliphatic heterocycles. The molecule has 1 aliphatic rings. The molecule has 1 rings (SSSR count). The van der Waals surface area contributed by atoms with Crippen LogP contribution < -0.4 is 38.5 Å². The van der Waals surface area contributed by atoms with Gasteiger partial charge in [-0.05, 0) is 32.2 Å². The Bertz CT molecular complexity index is 812. The van der Waals surface area contributed by atoms with Gasteiger partial charge in [-0.3, -0.25) is 28.8 Å². The number of carbonyl (C=O) groups excluding carboxylic acids is 6. The lowest BCUT2D eigenvalue weighted by atomic mass is 10.1. The standard InChI is InChI=1S/C19H31N7O8/c20-13(27)5-3-10(24-16(30)9-2-1-7-23-9)17(31)25-11(4-6-14(21)28)18(32)26-12(19(33)34)8-15(22)29/h9-12,23H,1-8H2,(H2,20,27)(H2,21,28)(H2,22,29)(H,24,30)(H,25,31)(H,26,32)(H,33,34)/t9-,10-,11-,12-/m0/s1. The van der Waals surface area contributed by atoms with Crippen molar-refractivity contribution < 1.29 is 38.7 Å². The Labute approximate surface area is 194 Å². The maximum atomic E-state index is 12.9. The molecule has 190 valence electrons. The van der Waals surface area contributed by atoms with Crippen molar-refractivity contribution in [1.29, 1.82) is 0 Å². The van der Waals surface area contributed by atoms with Crippen LogP contribution in [0.2, 0.25) is 0 Å². The fourth-order valence-electron chi connectivity index (χ4n) is 3.24. The molecule has 1 saturated heterocycles. The van der Waals surface area contributed by atoms with Crippen LogP contribution in [-0.4, -0.2) is 77.2 Å².